The molecule has 2 heteroatoms. The molecule has 0 atom stereocenters. The maximum absolute atomic E-state index is 3.42. The summed E-state index contributed by atoms with van der Waals surface area (Å²) in [6.07, 6.45) is 4.11. The summed E-state index contributed by atoms with van der Waals surface area (Å²) in [4.78, 5) is 2.40. The second kappa shape index (κ2) is 4.69. The molecule has 0 saturated carbocycles. The Morgan fingerprint density at radius 3 is 2.80 bits per heavy atom. The molecule has 10 heavy (non-hydrogen) atoms. The smallest absolute Gasteiger partial charge is 0.0104 e. The molecule has 0 unspecified atom stereocenters. The first-order valence-corrected chi connectivity index (χ1v) is 4.29. The van der Waals surface area contributed by atoms with Gasteiger partial charge in [-0.2, -0.15) is 0 Å². The molecule has 1 N–H and O–H groups in total. The van der Waals surface area contributed by atoms with E-state index in [-0.39, 0.29) is 0 Å². The second-order valence-corrected chi connectivity index (χ2v) is 3.11. The van der Waals surface area contributed by atoms with Crippen LogP contribution in [0.15, 0.2) is 0 Å². The predicted molar refractivity (Wildman–Crippen MR) is 44.2 cm³/mol. The Labute approximate surface area is 63.6 Å². The molecule has 1 fully saturated rings. The third kappa shape index (κ3) is 3.18. The predicted octanol–water partition coefficient (Wildman–Crippen LogP) is 0.692. The van der Waals surface area contributed by atoms with Crippen molar-refractivity contribution >= 4 is 0 Å². The van der Waals surface area contributed by atoms with E-state index >= 15 is 0 Å². The van der Waals surface area contributed by atoms with Crippen molar-refractivity contribution in [3.63, 3.8) is 0 Å². The van der Waals surface area contributed by atoms with Gasteiger partial charge < -0.3 is 10.2 Å². The largest absolute Gasteiger partial charge is 0.315 e. The Morgan fingerprint density at radius 2 is 1.90 bits per heavy atom. The van der Waals surface area contributed by atoms with E-state index in [0.717, 1.165) is 6.54 Å². The van der Waals surface area contributed by atoms with Crippen LogP contribution < -0.4 is 5.32 Å². The zero-order valence-electron chi connectivity index (χ0n) is 6.90. The molecule has 0 aromatic heterocycles. The van der Waals surface area contributed by atoms with Crippen molar-refractivity contribution in [2.75, 3.05) is 33.2 Å². The lowest BCUT2D eigenvalue weighted by atomic mass is 10.2. The summed E-state index contributed by atoms with van der Waals surface area (Å²) in [7, 11) is 2.20. The van der Waals surface area contributed by atoms with Gasteiger partial charge in [0.05, 0.1) is 0 Å². The maximum Gasteiger partial charge on any atom is 0.0104 e. The summed E-state index contributed by atoms with van der Waals surface area (Å²) < 4.78 is 0. The molecule has 2 nitrogen and oxygen atoms in total. The lowest BCUT2D eigenvalue weighted by Gasteiger charge is -2.13. The first-order valence-electron chi connectivity index (χ1n) is 4.29. The Morgan fingerprint density at radius 1 is 1.00 bits per heavy atom. The molecular formula is C8H18N2. The van der Waals surface area contributed by atoms with Crippen molar-refractivity contribution in [3.05, 3.63) is 0 Å². The summed E-state index contributed by atoms with van der Waals surface area (Å²) >= 11 is 0. The molecule has 1 aliphatic rings. The maximum atomic E-state index is 3.42. The lowest BCUT2D eigenvalue weighted by Crippen LogP contribution is -2.28. The standard InChI is InChI=1S/C8H18N2/c1-10-7-4-2-3-5-9-6-8-10/h9H,2-8H2,1H3. The summed E-state index contributed by atoms with van der Waals surface area (Å²) in [6.45, 7) is 4.87. The van der Waals surface area contributed by atoms with Gasteiger partial charge in [-0.1, -0.05) is 6.42 Å². The Balaban J connectivity index is 2.15. The normalized spacial score (nSPS) is 24.9. The highest BCUT2D eigenvalue weighted by atomic mass is 15.1. The molecule has 0 amide bonds. The van der Waals surface area contributed by atoms with Crippen molar-refractivity contribution in [1.29, 1.82) is 0 Å². The van der Waals surface area contributed by atoms with Gasteiger partial charge in [0.2, 0.25) is 0 Å². The Hall–Kier alpha value is -0.0800. The molecule has 0 aliphatic carbocycles. The van der Waals surface area contributed by atoms with E-state index in [4.69, 9.17) is 0 Å². The summed E-state index contributed by atoms with van der Waals surface area (Å²) in [5.74, 6) is 0. The average Bonchev–Trinajstić information content (AvgIpc) is 2.02. The van der Waals surface area contributed by atoms with Crippen LogP contribution in [0.4, 0.5) is 0 Å². The zero-order valence-corrected chi connectivity index (χ0v) is 6.90. The van der Waals surface area contributed by atoms with Crippen LogP contribution >= 0.6 is 0 Å². The second-order valence-electron chi connectivity index (χ2n) is 3.11. The van der Waals surface area contributed by atoms with Gasteiger partial charge >= 0.3 is 0 Å². The quantitative estimate of drug-likeness (QED) is 0.535. The topological polar surface area (TPSA) is 15.3 Å². The van der Waals surface area contributed by atoms with Crippen LogP contribution in [0.5, 0.6) is 0 Å². The third-order valence-corrected chi connectivity index (χ3v) is 2.06. The van der Waals surface area contributed by atoms with Crippen LogP contribution in [-0.4, -0.2) is 38.1 Å². The SMILES string of the molecule is CN1CCCCCNCC1. The van der Waals surface area contributed by atoms with Crippen LogP contribution in [0.25, 0.3) is 0 Å². The highest BCUT2D eigenvalue weighted by Gasteiger charge is 1.99. The minimum Gasteiger partial charge on any atom is -0.315 e. The molecule has 0 radical (unpaired) electrons. The van der Waals surface area contributed by atoms with E-state index < -0.39 is 0 Å². The van der Waals surface area contributed by atoms with E-state index in [0.29, 0.717) is 0 Å². The van der Waals surface area contributed by atoms with E-state index in [1.807, 2.05) is 0 Å². The molecular weight excluding hydrogens is 124 g/mol. The van der Waals surface area contributed by atoms with Gasteiger partial charge in [0.1, 0.15) is 0 Å². The minimum atomic E-state index is 1.16. The van der Waals surface area contributed by atoms with Gasteiger partial charge in [0.15, 0.2) is 0 Å². The van der Waals surface area contributed by atoms with Crippen molar-refractivity contribution in [2.24, 2.45) is 0 Å². The fourth-order valence-corrected chi connectivity index (χ4v) is 1.32. The van der Waals surface area contributed by atoms with E-state index in [1.54, 1.807) is 0 Å². The van der Waals surface area contributed by atoms with Crippen LogP contribution in [0.1, 0.15) is 19.3 Å². The number of hydrogen-bond donors (Lipinski definition) is 1. The molecule has 0 bridgehead atoms. The molecule has 1 saturated heterocycles. The van der Waals surface area contributed by atoms with E-state index in [2.05, 4.69) is 17.3 Å². The number of hydrogen-bond acceptors (Lipinski definition) is 2. The molecule has 0 spiro atoms. The number of nitrogens with one attached hydrogen (secondary N) is 1. The molecule has 0 aromatic rings. The van der Waals surface area contributed by atoms with Gasteiger partial charge in [-0.15, -0.1) is 0 Å². The number of nitrogens with zero attached hydrogens (tertiary/aromatic N) is 1. The Bertz CT molecular complexity index is 73.3. The highest BCUT2D eigenvalue weighted by Crippen LogP contribution is 1.97. The first kappa shape index (κ1) is 8.02. The van der Waals surface area contributed by atoms with E-state index in [9.17, 15) is 0 Å². The molecule has 1 heterocycles. The van der Waals surface area contributed by atoms with Crippen LogP contribution in [0.3, 0.4) is 0 Å². The molecule has 0 aromatic carbocycles. The van der Waals surface area contributed by atoms with Crippen LogP contribution in [0, 0.1) is 0 Å². The van der Waals surface area contributed by atoms with Gasteiger partial charge in [0.25, 0.3) is 0 Å². The molecule has 60 valence electrons. The summed E-state index contributed by atoms with van der Waals surface area (Å²) in [6, 6.07) is 0. The third-order valence-electron chi connectivity index (χ3n) is 2.06. The summed E-state index contributed by atoms with van der Waals surface area (Å²) in [5, 5.41) is 3.42. The van der Waals surface area contributed by atoms with Gasteiger partial charge in [-0.25, -0.2) is 0 Å². The highest BCUT2D eigenvalue weighted by molar-refractivity contribution is 4.59. The van der Waals surface area contributed by atoms with E-state index in [1.165, 1.54) is 38.9 Å². The van der Waals surface area contributed by atoms with Gasteiger partial charge in [0, 0.05) is 13.1 Å². The summed E-state index contributed by atoms with van der Waals surface area (Å²) in [5.41, 5.74) is 0. The minimum absolute atomic E-state index is 1.16. The number of likely N-dealkylation sites (N-methyl/N-ethyl adjacent to an activating group) is 1. The monoisotopic (exact) mass is 142 g/mol. The zero-order chi connectivity index (χ0) is 7.23. The van der Waals surface area contributed by atoms with Crippen molar-refractivity contribution in [1.82, 2.24) is 10.2 Å². The molecule has 1 rings (SSSR count). The Kier molecular flexibility index (Phi) is 3.76. The van der Waals surface area contributed by atoms with Gasteiger partial charge in [-0.05, 0) is 33.0 Å². The number of rotatable bonds is 0. The van der Waals surface area contributed by atoms with Gasteiger partial charge in [-0.3, -0.25) is 0 Å². The van der Waals surface area contributed by atoms with Crippen LogP contribution in [0.2, 0.25) is 0 Å². The van der Waals surface area contributed by atoms with Crippen molar-refractivity contribution in [3.8, 4) is 0 Å². The molecule has 1 aliphatic heterocycles. The fraction of sp³-hybridized carbons (Fsp3) is 1.00. The lowest BCUT2D eigenvalue weighted by molar-refractivity contribution is 0.334. The van der Waals surface area contributed by atoms with Crippen molar-refractivity contribution < 1.29 is 0 Å². The van der Waals surface area contributed by atoms with Crippen LogP contribution in [-0.2, 0) is 0 Å². The van der Waals surface area contributed by atoms with Crippen molar-refractivity contribution in [2.45, 2.75) is 19.3 Å². The first-order chi connectivity index (χ1) is 4.89. The fourth-order valence-electron chi connectivity index (χ4n) is 1.32. The average molecular weight is 142 g/mol.